The first-order valence-electron chi connectivity index (χ1n) is 10.2. The van der Waals surface area contributed by atoms with E-state index in [9.17, 15) is 0 Å². The molecule has 0 bridgehead atoms. The predicted octanol–water partition coefficient (Wildman–Crippen LogP) is 4.90. The summed E-state index contributed by atoms with van der Waals surface area (Å²) in [6, 6.07) is 19.1. The van der Waals surface area contributed by atoms with Crippen LogP contribution < -0.4 is 15.1 Å². The third kappa shape index (κ3) is 3.40. The zero-order valence-corrected chi connectivity index (χ0v) is 16.0. The molecule has 3 aromatic rings. The van der Waals surface area contributed by atoms with Crippen LogP contribution in [0.5, 0.6) is 0 Å². The Morgan fingerprint density at radius 2 is 1.64 bits per heavy atom. The van der Waals surface area contributed by atoms with Gasteiger partial charge in [-0.15, -0.1) is 0 Å². The fourth-order valence-electron chi connectivity index (χ4n) is 4.17. The first kappa shape index (κ1) is 17.0. The summed E-state index contributed by atoms with van der Waals surface area (Å²) >= 11 is 0. The van der Waals surface area contributed by atoms with Crippen molar-refractivity contribution in [3.63, 3.8) is 0 Å². The zero-order valence-electron chi connectivity index (χ0n) is 16.0. The minimum atomic E-state index is 0.632. The number of fused-ring (bicyclic) bond motifs is 1. The van der Waals surface area contributed by atoms with Crippen LogP contribution in [0.4, 0.5) is 28.8 Å². The van der Waals surface area contributed by atoms with Crippen molar-refractivity contribution in [1.29, 1.82) is 0 Å². The van der Waals surface area contributed by atoms with E-state index in [1.54, 1.807) is 0 Å². The Bertz CT molecular complexity index is 947. The van der Waals surface area contributed by atoms with Gasteiger partial charge in [-0.3, -0.25) is 0 Å². The number of para-hydroxylation sites is 1. The van der Waals surface area contributed by atoms with Crippen LogP contribution in [-0.2, 0) is 6.42 Å². The molecule has 0 spiro atoms. The van der Waals surface area contributed by atoms with Gasteiger partial charge in [0.05, 0.1) is 0 Å². The molecule has 5 rings (SSSR count). The molecule has 0 amide bonds. The predicted molar refractivity (Wildman–Crippen MR) is 115 cm³/mol. The Hall–Kier alpha value is -3.08. The van der Waals surface area contributed by atoms with Crippen LogP contribution in [0, 0.1) is 0 Å². The molecule has 0 radical (unpaired) electrons. The highest BCUT2D eigenvalue weighted by Gasteiger charge is 2.21. The molecule has 0 saturated carbocycles. The summed E-state index contributed by atoms with van der Waals surface area (Å²) in [4.78, 5) is 13.9. The van der Waals surface area contributed by atoms with Gasteiger partial charge in [0.25, 0.3) is 0 Å². The summed E-state index contributed by atoms with van der Waals surface area (Å²) in [5, 5.41) is 3.35. The summed E-state index contributed by atoms with van der Waals surface area (Å²) in [7, 11) is 0. The van der Waals surface area contributed by atoms with Crippen molar-refractivity contribution < 1.29 is 0 Å². The lowest BCUT2D eigenvalue weighted by Gasteiger charge is -2.28. The third-order valence-corrected chi connectivity index (χ3v) is 5.65. The van der Waals surface area contributed by atoms with Crippen LogP contribution >= 0.6 is 0 Å². The number of hydrogen-bond acceptors (Lipinski definition) is 5. The van der Waals surface area contributed by atoms with Gasteiger partial charge in [-0.05, 0) is 67.6 Å². The van der Waals surface area contributed by atoms with E-state index in [4.69, 9.17) is 4.98 Å². The molecule has 2 aliphatic rings. The van der Waals surface area contributed by atoms with Gasteiger partial charge < -0.3 is 15.1 Å². The third-order valence-electron chi connectivity index (χ3n) is 5.65. The summed E-state index contributed by atoms with van der Waals surface area (Å²) in [5.74, 6) is 1.57. The number of aromatic nitrogens is 2. The normalized spacial score (nSPS) is 16.1. The Morgan fingerprint density at radius 3 is 2.50 bits per heavy atom. The van der Waals surface area contributed by atoms with Crippen LogP contribution in [0.3, 0.4) is 0 Å². The Labute approximate surface area is 166 Å². The Balaban J connectivity index is 1.32. The van der Waals surface area contributed by atoms with E-state index in [0.717, 1.165) is 37.6 Å². The molecular weight excluding hydrogens is 346 g/mol. The Morgan fingerprint density at radius 1 is 0.821 bits per heavy atom. The zero-order chi connectivity index (χ0) is 18.8. The van der Waals surface area contributed by atoms with Crippen molar-refractivity contribution in [3.05, 3.63) is 66.4 Å². The number of nitrogens with zero attached hydrogens (tertiary/aromatic N) is 4. The van der Waals surface area contributed by atoms with Gasteiger partial charge >= 0.3 is 0 Å². The highest BCUT2D eigenvalue weighted by Crippen LogP contribution is 2.33. The van der Waals surface area contributed by atoms with Gasteiger partial charge in [0.15, 0.2) is 0 Å². The van der Waals surface area contributed by atoms with Crippen molar-refractivity contribution >= 4 is 28.8 Å². The summed E-state index contributed by atoms with van der Waals surface area (Å²) < 4.78 is 0. The molecular formula is C23H25N5. The molecule has 1 N–H and O–H groups in total. The minimum absolute atomic E-state index is 0.632. The van der Waals surface area contributed by atoms with E-state index in [2.05, 4.69) is 68.6 Å². The molecule has 5 heteroatoms. The second kappa shape index (κ2) is 7.50. The molecule has 1 saturated heterocycles. The number of hydrogen-bond donors (Lipinski definition) is 1. The number of anilines is 5. The van der Waals surface area contributed by atoms with Crippen molar-refractivity contribution in [2.75, 3.05) is 34.8 Å². The maximum absolute atomic E-state index is 4.75. The lowest BCUT2D eigenvalue weighted by molar-refractivity contribution is 0.578. The van der Waals surface area contributed by atoms with Crippen LogP contribution in [-0.4, -0.2) is 29.6 Å². The molecule has 3 heterocycles. The quantitative estimate of drug-likeness (QED) is 0.706. The molecule has 1 aromatic heterocycles. The number of benzene rings is 2. The largest absolute Gasteiger partial charge is 0.372 e. The highest BCUT2D eigenvalue weighted by molar-refractivity contribution is 5.68. The minimum Gasteiger partial charge on any atom is -0.372 e. The van der Waals surface area contributed by atoms with Crippen molar-refractivity contribution in [3.8, 4) is 0 Å². The van der Waals surface area contributed by atoms with Crippen molar-refractivity contribution in [1.82, 2.24) is 9.97 Å². The Kier molecular flexibility index (Phi) is 4.57. The second-order valence-electron chi connectivity index (χ2n) is 7.49. The highest BCUT2D eigenvalue weighted by atomic mass is 15.2. The first-order valence-corrected chi connectivity index (χ1v) is 10.2. The van der Waals surface area contributed by atoms with Gasteiger partial charge in [-0.2, -0.15) is 4.98 Å². The van der Waals surface area contributed by atoms with Crippen LogP contribution in [0.25, 0.3) is 0 Å². The van der Waals surface area contributed by atoms with Gasteiger partial charge in [0, 0.05) is 42.9 Å². The smallest absolute Gasteiger partial charge is 0.229 e. The number of nitrogens with one attached hydrogen (secondary N) is 1. The molecule has 28 heavy (non-hydrogen) atoms. The maximum atomic E-state index is 4.75. The van der Waals surface area contributed by atoms with E-state index < -0.39 is 0 Å². The van der Waals surface area contributed by atoms with E-state index in [1.807, 2.05) is 12.3 Å². The van der Waals surface area contributed by atoms with E-state index >= 15 is 0 Å². The van der Waals surface area contributed by atoms with E-state index in [-0.39, 0.29) is 0 Å². The standard InChI is InChI=1S/C23H25N5/c1-4-15-27(16-5-1)20-10-8-19(9-11-20)25-23-24-14-12-22(26-23)28-17-13-18-6-2-3-7-21(18)28/h2-3,6-12,14H,1,4-5,13,15-17H2,(H,24,25,26). The molecule has 142 valence electrons. The SMILES string of the molecule is c1ccc2c(c1)CCN2c1ccnc(Nc2ccc(N3CCCCC3)cc2)n1. The summed E-state index contributed by atoms with van der Waals surface area (Å²) in [6.07, 6.45) is 6.82. The lowest BCUT2D eigenvalue weighted by Crippen LogP contribution is -2.29. The molecule has 5 nitrogen and oxygen atoms in total. The van der Waals surface area contributed by atoms with Gasteiger partial charge in [0.1, 0.15) is 5.82 Å². The lowest BCUT2D eigenvalue weighted by atomic mass is 10.1. The van der Waals surface area contributed by atoms with Crippen LogP contribution in [0.1, 0.15) is 24.8 Å². The average molecular weight is 371 g/mol. The molecule has 1 fully saturated rings. The average Bonchev–Trinajstić information content (AvgIpc) is 3.19. The summed E-state index contributed by atoms with van der Waals surface area (Å²) in [6.45, 7) is 3.28. The monoisotopic (exact) mass is 371 g/mol. The topological polar surface area (TPSA) is 44.3 Å². The number of rotatable bonds is 4. The fraction of sp³-hybridized carbons (Fsp3) is 0.304. The summed E-state index contributed by atoms with van der Waals surface area (Å²) in [5.41, 5.74) is 4.94. The molecule has 0 unspecified atom stereocenters. The van der Waals surface area contributed by atoms with Gasteiger partial charge in [0.2, 0.25) is 5.95 Å². The van der Waals surface area contributed by atoms with E-state index in [1.165, 1.54) is 36.2 Å². The van der Waals surface area contributed by atoms with Gasteiger partial charge in [-0.25, -0.2) is 4.98 Å². The van der Waals surface area contributed by atoms with Gasteiger partial charge in [-0.1, -0.05) is 18.2 Å². The first-order chi connectivity index (χ1) is 13.9. The fourth-order valence-corrected chi connectivity index (χ4v) is 4.17. The van der Waals surface area contributed by atoms with Crippen molar-refractivity contribution in [2.24, 2.45) is 0 Å². The maximum Gasteiger partial charge on any atom is 0.229 e. The number of piperidine rings is 1. The molecule has 0 aliphatic carbocycles. The van der Waals surface area contributed by atoms with Crippen LogP contribution in [0.2, 0.25) is 0 Å². The second-order valence-corrected chi connectivity index (χ2v) is 7.49. The van der Waals surface area contributed by atoms with E-state index in [0.29, 0.717) is 5.95 Å². The molecule has 2 aliphatic heterocycles. The van der Waals surface area contributed by atoms with Crippen LogP contribution in [0.15, 0.2) is 60.8 Å². The molecule has 2 aromatic carbocycles. The van der Waals surface area contributed by atoms with Crippen molar-refractivity contribution in [2.45, 2.75) is 25.7 Å². The molecule has 0 atom stereocenters.